The number of nitrogen functional groups attached to an aromatic ring is 1. The minimum Gasteiger partial charge on any atom is -0.397 e. The standard InChI is InChI=1S/C14H18N2O2S2/c1-9(7-8-20(2)18)16-14(17)13-12(15)10-5-3-4-6-11(10)19-13/h3-6,9H,7-8,15H2,1-2H3,(H,16,17). The van der Waals surface area contributed by atoms with Crippen LogP contribution in [0.2, 0.25) is 0 Å². The van der Waals surface area contributed by atoms with Gasteiger partial charge in [-0.3, -0.25) is 9.00 Å². The van der Waals surface area contributed by atoms with E-state index in [4.69, 9.17) is 5.73 Å². The highest BCUT2D eigenvalue weighted by Gasteiger charge is 2.17. The van der Waals surface area contributed by atoms with E-state index in [1.807, 2.05) is 31.2 Å². The smallest absolute Gasteiger partial charge is 0.263 e. The highest BCUT2D eigenvalue weighted by molar-refractivity contribution is 7.84. The summed E-state index contributed by atoms with van der Waals surface area (Å²) in [5.74, 6) is 0.432. The number of nitrogens with two attached hydrogens (primary N) is 1. The number of hydrogen-bond acceptors (Lipinski definition) is 4. The molecule has 2 rings (SSSR count). The molecule has 108 valence electrons. The van der Waals surface area contributed by atoms with E-state index in [1.54, 1.807) is 6.26 Å². The summed E-state index contributed by atoms with van der Waals surface area (Å²) in [6.07, 6.45) is 2.36. The van der Waals surface area contributed by atoms with Gasteiger partial charge < -0.3 is 11.1 Å². The van der Waals surface area contributed by atoms with Gasteiger partial charge in [0.15, 0.2) is 0 Å². The quantitative estimate of drug-likeness (QED) is 0.890. The third-order valence-corrected chi connectivity index (χ3v) is 5.05. The summed E-state index contributed by atoms with van der Waals surface area (Å²) in [6.45, 7) is 1.91. The third kappa shape index (κ3) is 3.37. The van der Waals surface area contributed by atoms with E-state index in [1.165, 1.54) is 11.3 Å². The van der Waals surface area contributed by atoms with E-state index < -0.39 is 10.8 Å². The molecule has 0 radical (unpaired) electrons. The molecule has 0 fully saturated rings. The fourth-order valence-electron chi connectivity index (χ4n) is 1.94. The average Bonchev–Trinajstić information content (AvgIpc) is 2.74. The lowest BCUT2D eigenvalue weighted by Crippen LogP contribution is -2.33. The molecule has 1 aromatic heterocycles. The first-order valence-corrected chi connectivity index (χ1v) is 8.91. The molecular formula is C14H18N2O2S2. The number of thiophene rings is 1. The van der Waals surface area contributed by atoms with Crippen molar-refractivity contribution < 1.29 is 9.00 Å². The first kappa shape index (κ1) is 15.0. The van der Waals surface area contributed by atoms with Gasteiger partial charge in [-0.2, -0.15) is 0 Å². The fraction of sp³-hybridized carbons (Fsp3) is 0.357. The van der Waals surface area contributed by atoms with E-state index >= 15 is 0 Å². The van der Waals surface area contributed by atoms with Gasteiger partial charge >= 0.3 is 0 Å². The molecule has 1 aromatic carbocycles. The summed E-state index contributed by atoms with van der Waals surface area (Å²) in [5.41, 5.74) is 6.58. The Morgan fingerprint density at radius 2 is 2.15 bits per heavy atom. The lowest BCUT2D eigenvalue weighted by atomic mass is 10.2. The van der Waals surface area contributed by atoms with Gasteiger partial charge in [0.2, 0.25) is 0 Å². The maximum Gasteiger partial charge on any atom is 0.263 e. The highest BCUT2D eigenvalue weighted by atomic mass is 32.2. The largest absolute Gasteiger partial charge is 0.397 e. The molecule has 0 aliphatic carbocycles. The van der Waals surface area contributed by atoms with Gasteiger partial charge in [0, 0.05) is 38.9 Å². The summed E-state index contributed by atoms with van der Waals surface area (Å²) in [6, 6.07) is 7.69. The van der Waals surface area contributed by atoms with Crippen LogP contribution in [0.4, 0.5) is 5.69 Å². The molecule has 2 aromatic rings. The molecule has 2 atom stereocenters. The van der Waals surface area contributed by atoms with Gasteiger partial charge in [-0.05, 0) is 19.4 Å². The van der Waals surface area contributed by atoms with Crippen molar-refractivity contribution in [2.24, 2.45) is 0 Å². The lowest BCUT2D eigenvalue weighted by Gasteiger charge is -2.12. The maximum absolute atomic E-state index is 12.2. The maximum atomic E-state index is 12.2. The Hall–Kier alpha value is -1.40. The Labute approximate surface area is 124 Å². The van der Waals surface area contributed by atoms with Crippen molar-refractivity contribution in [3.8, 4) is 0 Å². The molecule has 0 spiro atoms. The molecule has 4 nitrogen and oxygen atoms in total. The minimum atomic E-state index is -0.836. The molecule has 0 bridgehead atoms. The number of anilines is 1. The van der Waals surface area contributed by atoms with Crippen LogP contribution in [0.3, 0.4) is 0 Å². The van der Waals surface area contributed by atoms with Crippen molar-refractivity contribution in [3.63, 3.8) is 0 Å². The number of nitrogens with one attached hydrogen (secondary N) is 1. The number of hydrogen-bond donors (Lipinski definition) is 2. The van der Waals surface area contributed by atoms with Crippen molar-refractivity contribution in [1.29, 1.82) is 0 Å². The summed E-state index contributed by atoms with van der Waals surface area (Å²) in [5, 5.41) is 3.83. The molecule has 6 heteroatoms. The topological polar surface area (TPSA) is 72.2 Å². The number of carbonyl (C=O) groups excluding carboxylic acids is 1. The molecule has 0 saturated heterocycles. The summed E-state index contributed by atoms with van der Waals surface area (Å²) < 4.78 is 12.1. The normalized spacial score (nSPS) is 14.1. The van der Waals surface area contributed by atoms with Gasteiger partial charge in [0.1, 0.15) is 4.88 Å². The molecule has 3 N–H and O–H groups in total. The van der Waals surface area contributed by atoms with Crippen molar-refractivity contribution in [1.82, 2.24) is 5.32 Å². The van der Waals surface area contributed by atoms with Crippen LogP contribution in [0.5, 0.6) is 0 Å². The van der Waals surface area contributed by atoms with Gasteiger partial charge in [-0.25, -0.2) is 0 Å². The van der Waals surface area contributed by atoms with Crippen LogP contribution in [-0.4, -0.2) is 28.2 Å². The average molecular weight is 310 g/mol. The molecule has 0 saturated carbocycles. The van der Waals surface area contributed by atoms with E-state index in [9.17, 15) is 9.00 Å². The SMILES string of the molecule is CC(CCS(C)=O)NC(=O)c1sc2ccccc2c1N. The number of benzene rings is 1. The van der Waals surface area contributed by atoms with Gasteiger partial charge in [0.05, 0.1) is 5.69 Å². The van der Waals surface area contributed by atoms with Crippen molar-refractivity contribution in [2.75, 3.05) is 17.7 Å². The molecule has 2 unspecified atom stereocenters. The van der Waals surface area contributed by atoms with Crippen LogP contribution in [0.25, 0.3) is 10.1 Å². The Bertz CT molecular complexity index is 652. The van der Waals surface area contributed by atoms with E-state index in [0.29, 0.717) is 22.7 Å². The van der Waals surface area contributed by atoms with Crippen LogP contribution in [-0.2, 0) is 10.8 Å². The Kier molecular flexibility index (Phi) is 4.77. The van der Waals surface area contributed by atoms with Crippen LogP contribution in [0, 0.1) is 0 Å². The molecule has 20 heavy (non-hydrogen) atoms. The second-order valence-corrected chi connectivity index (χ2v) is 7.39. The number of fused-ring (bicyclic) bond motifs is 1. The van der Waals surface area contributed by atoms with E-state index in [2.05, 4.69) is 5.32 Å². The highest BCUT2D eigenvalue weighted by Crippen LogP contribution is 2.33. The van der Waals surface area contributed by atoms with Crippen LogP contribution < -0.4 is 11.1 Å². The monoisotopic (exact) mass is 310 g/mol. The summed E-state index contributed by atoms with van der Waals surface area (Å²) in [4.78, 5) is 12.8. The third-order valence-electron chi connectivity index (χ3n) is 3.06. The Morgan fingerprint density at radius 1 is 1.45 bits per heavy atom. The number of rotatable bonds is 5. The van der Waals surface area contributed by atoms with Crippen molar-refractivity contribution in [3.05, 3.63) is 29.1 Å². The van der Waals surface area contributed by atoms with Crippen LogP contribution >= 0.6 is 11.3 Å². The van der Waals surface area contributed by atoms with E-state index in [-0.39, 0.29) is 11.9 Å². The molecular weight excluding hydrogens is 292 g/mol. The molecule has 1 heterocycles. The Balaban J connectivity index is 2.11. The molecule has 1 amide bonds. The molecule has 0 aliphatic rings. The second-order valence-electron chi connectivity index (χ2n) is 4.78. The zero-order valence-electron chi connectivity index (χ0n) is 11.5. The second kappa shape index (κ2) is 6.37. The van der Waals surface area contributed by atoms with Crippen LogP contribution in [0.15, 0.2) is 24.3 Å². The van der Waals surface area contributed by atoms with Gasteiger partial charge in [-0.1, -0.05) is 18.2 Å². The number of amides is 1. The predicted molar refractivity (Wildman–Crippen MR) is 86.7 cm³/mol. The zero-order valence-corrected chi connectivity index (χ0v) is 13.1. The molecule has 0 aliphatic heterocycles. The lowest BCUT2D eigenvalue weighted by molar-refractivity contribution is 0.0944. The van der Waals surface area contributed by atoms with E-state index in [0.717, 1.165) is 10.1 Å². The van der Waals surface area contributed by atoms with Crippen molar-refractivity contribution >= 4 is 43.8 Å². The zero-order chi connectivity index (χ0) is 14.7. The van der Waals surface area contributed by atoms with Crippen LogP contribution in [0.1, 0.15) is 23.0 Å². The number of carbonyl (C=O) groups is 1. The summed E-state index contributed by atoms with van der Waals surface area (Å²) >= 11 is 1.40. The van der Waals surface area contributed by atoms with Gasteiger partial charge in [0.25, 0.3) is 5.91 Å². The predicted octanol–water partition coefficient (Wildman–Crippen LogP) is 2.37. The van der Waals surface area contributed by atoms with Gasteiger partial charge in [-0.15, -0.1) is 11.3 Å². The summed E-state index contributed by atoms with van der Waals surface area (Å²) in [7, 11) is -0.836. The first-order chi connectivity index (χ1) is 9.49. The first-order valence-electron chi connectivity index (χ1n) is 6.37. The van der Waals surface area contributed by atoms with Crippen molar-refractivity contribution in [2.45, 2.75) is 19.4 Å². The Morgan fingerprint density at radius 3 is 2.80 bits per heavy atom. The fourth-order valence-corrected chi connectivity index (χ4v) is 3.65. The minimum absolute atomic E-state index is 0.0176.